The van der Waals surface area contributed by atoms with E-state index in [1.54, 1.807) is 0 Å². The molecule has 1 nitrogen and oxygen atoms in total. The number of allylic oxidation sites excluding steroid dienone is 6. The first-order valence-corrected chi connectivity index (χ1v) is 19.7. The van der Waals surface area contributed by atoms with E-state index in [1.807, 2.05) is 13.8 Å². The van der Waals surface area contributed by atoms with Crippen LogP contribution in [-0.2, 0) is 12.8 Å². The summed E-state index contributed by atoms with van der Waals surface area (Å²) in [5.41, 5.74) is 13.1. The molecule has 0 amide bonds. The summed E-state index contributed by atoms with van der Waals surface area (Å²) >= 11 is 0. The van der Waals surface area contributed by atoms with Crippen molar-refractivity contribution in [2.45, 2.75) is 59.3 Å². The number of pyridine rings is 1. The van der Waals surface area contributed by atoms with Crippen LogP contribution in [0.2, 0.25) is 0 Å². The average molecular weight is 666 g/mol. The van der Waals surface area contributed by atoms with E-state index in [1.165, 1.54) is 77.5 Å². The Morgan fingerprint density at radius 2 is 1.14 bits per heavy atom. The zero-order valence-corrected chi connectivity index (χ0v) is 30.3. The van der Waals surface area contributed by atoms with Crippen LogP contribution in [0.25, 0.3) is 56.2 Å². The predicted molar refractivity (Wildman–Crippen MR) is 220 cm³/mol. The molecule has 50 heavy (non-hydrogen) atoms. The highest BCUT2D eigenvalue weighted by molar-refractivity contribution is 7.77. The average Bonchev–Trinajstić information content (AvgIpc) is 3.19. The lowest BCUT2D eigenvalue weighted by atomic mass is 9.81. The Labute approximate surface area is 298 Å². The van der Waals surface area contributed by atoms with Crippen LogP contribution in [0.5, 0.6) is 0 Å². The summed E-state index contributed by atoms with van der Waals surface area (Å²) in [6.07, 6.45) is 21.0. The van der Waals surface area contributed by atoms with Gasteiger partial charge in [-0.25, -0.2) is 4.98 Å². The molecule has 0 spiro atoms. The number of hydrogen-bond acceptors (Lipinski definition) is 1. The Balaban J connectivity index is 0.00000177. The van der Waals surface area contributed by atoms with E-state index in [2.05, 4.69) is 147 Å². The molecule has 1 heterocycles. The zero-order valence-electron chi connectivity index (χ0n) is 29.4. The van der Waals surface area contributed by atoms with Gasteiger partial charge in [-0.05, 0) is 102 Å². The molecule has 0 saturated carbocycles. The van der Waals surface area contributed by atoms with Crippen molar-refractivity contribution >= 4 is 52.4 Å². The third kappa shape index (κ3) is 5.89. The third-order valence-electron chi connectivity index (χ3n) is 10.3. The smallest absolute Gasteiger partial charge is 0.0797 e. The molecule has 1 unspecified atom stereocenters. The van der Waals surface area contributed by atoms with Crippen LogP contribution in [-0.4, -0.2) is 4.98 Å². The first-order valence-electron chi connectivity index (χ1n) is 18.4. The van der Waals surface area contributed by atoms with Gasteiger partial charge in [0, 0.05) is 21.9 Å². The van der Waals surface area contributed by atoms with Gasteiger partial charge in [-0.2, -0.15) is 0 Å². The molecule has 6 aromatic rings. The van der Waals surface area contributed by atoms with E-state index in [4.69, 9.17) is 4.98 Å². The Kier molecular flexibility index (Phi) is 9.18. The molecule has 0 radical (unpaired) electrons. The van der Waals surface area contributed by atoms with Crippen molar-refractivity contribution in [2.75, 3.05) is 0 Å². The molecule has 0 aliphatic heterocycles. The Hall–Kier alpha value is -4.84. The fraction of sp³-hybridized carbons (Fsp3) is 0.188. The van der Waals surface area contributed by atoms with Gasteiger partial charge in [-0.15, -0.1) is 0 Å². The maximum Gasteiger partial charge on any atom is 0.0797 e. The first kappa shape index (κ1) is 32.4. The lowest BCUT2D eigenvalue weighted by Gasteiger charge is -2.24. The summed E-state index contributed by atoms with van der Waals surface area (Å²) in [4.78, 5) is 5.51. The quantitative estimate of drug-likeness (QED) is 0.132. The summed E-state index contributed by atoms with van der Waals surface area (Å²) in [5, 5.41) is 8.11. The standard InChI is InChI=1S/C46H38NP.C2H6/c1-31-12-11-15-37(30-31)48(35-13-3-2-4-14-35)36-28-26-33(27-29-36)32-22-24-34(25-23-32)45-43-21-10-8-19-41(43)44-40-18-7-5-16-38(40)39-17-6-9-20-42(39)46(44)47-45;1-2/h2-4,7-10,13-15,18-30H,5-6,11-12,16-17H2,1H3;1-2H3. The van der Waals surface area contributed by atoms with Crippen LogP contribution in [0, 0.1) is 0 Å². The fourth-order valence-corrected chi connectivity index (χ4v) is 10.5. The molecule has 0 fully saturated rings. The van der Waals surface area contributed by atoms with Crippen LogP contribution in [0.3, 0.4) is 0 Å². The van der Waals surface area contributed by atoms with E-state index in [0.29, 0.717) is 0 Å². The molecule has 246 valence electrons. The minimum Gasteiger partial charge on any atom is -0.246 e. The Bertz CT molecular complexity index is 2320. The first-order chi connectivity index (χ1) is 24.7. The summed E-state index contributed by atoms with van der Waals surface area (Å²) in [6.45, 7) is 6.27. The van der Waals surface area contributed by atoms with Crippen molar-refractivity contribution in [3.05, 3.63) is 161 Å². The molecule has 0 saturated heterocycles. The lowest BCUT2D eigenvalue weighted by Crippen LogP contribution is -2.13. The molecule has 1 atom stereocenters. The maximum absolute atomic E-state index is 5.51. The monoisotopic (exact) mass is 665 g/mol. The lowest BCUT2D eigenvalue weighted by molar-refractivity contribution is 0.910. The Morgan fingerprint density at radius 3 is 1.84 bits per heavy atom. The van der Waals surface area contributed by atoms with E-state index in [0.717, 1.165) is 48.9 Å². The van der Waals surface area contributed by atoms with Gasteiger partial charge < -0.3 is 0 Å². The fourth-order valence-electron chi connectivity index (χ4n) is 8.00. The molecule has 0 N–H and O–H groups in total. The molecule has 1 aromatic heterocycles. The van der Waals surface area contributed by atoms with Crippen molar-refractivity contribution in [1.29, 1.82) is 0 Å². The molecule has 2 heteroatoms. The van der Waals surface area contributed by atoms with Gasteiger partial charge in [0.1, 0.15) is 0 Å². The van der Waals surface area contributed by atoms with Gasteiger partial charge in [0.25, 0.3) is 0 Å². The second-order valence-electron chi connectivity index (χ2n) is 13.3. The van der Waals surface area contributed by atoms with Crippen molar-refractivity contribution in [2.24, 2.45) is 0 Å². The Morgan fingerprint density at radius 1 is 0.560 bits per heavy atom. The van der Waals surface area contributed by atoms with Crippen molar-refractivity contribution < 1.29 is 0 Å². The SMILES string of the molecule is CC.CC1=CC(P(c2ccccc2)c2ccc(-c3ccc(-c4nc5c6c(c7c(c5c5ccccc45)C=CCC7)CCC=C6)cc3)cc2)=CCC1. The van der Waals surface area contributed by atoms with Gasteiger partial charge in [0.15, 0.2) is 0 Å². The maximum atomic E-state index is 5.51. The highest BCUT2D eigenvalue weighted by Gasteiger charge is 2.24. The molecule has 3 aliphatic carbocycles. The molecule has 9 rings (SSSR count). The highest BCUT2D eigenvalue weighted by Crippen LogP contribution is 2.46. The summed E-state index contributed by atoms with van der Waals surface area (Å²) < 4.78 is 0. The minimum absolute atomic E-state index is 0.584. The van der Waals surface area contributed by atoms with Crippen LogP contribution >= 0.6 is 7.92 Å². The molecule has 0 bridgehead atoms. The van der Waals surface area contributed by atoms with E-state index >= 15 is 0 Å². The summed E-state index contributed by atoms with van der Waals surface area (Å²) in [5.74, 6) is 0. The normalized spacial score (nSPS) is 15.4. The van der Waals surface area contributed by atoms with Crippen LogP contribution in [0.4, 0.5) is 0 Å². The van der Waals surface area contributed by atoms with Crippen molar-refractivity contribution in [1.82, 2.24) is 4.98 Å². The number of aromatic nitrogens is 1. The van der Waals surface area contributed by atoms with Crippen LogP contribution in [0.15, 0.2) is 138 Å². The second-order valence-corrected chi connectivity index (χ2v) is 15.6. The predicted octanol–water partition coefficient (Wildman–Crippen LogP) is 12.7. The number of benzene rings is 5. The highest BCUT2D eigenvalue weighted by atomic mass is 31.1. The van der Waals surface area contributed by atoms with Gasteiger partial charge in [-0.1, -0.05) is 159 Å². The topological polar surface area (TPSA) is 12.9 Å². The summed E-state index contributed by atoms with van der Waals surface area (Å²) in [6, 6.07) is 38.3. The van der Waals surface area contributed by atoms with E-state index < -0.39 is 7.92 Å². The largest absolute Gasteiger partial charge is 0.246 e. The van der Waals surface area contributed by atoms with Crippen LogP contribution in [0.1, 0.15) is 68.7 Å². The number of nitrogens with zero attached hydrogens (tertiary/aromatic N) is 1. The van der Waals surface area contributed by atoms with Gasteiger partial charge >= 0.3 is 0 Å². The number of hydrogen-bond donors (Lipinski definition) is 0. The van der Waals surface area contributed by atoms with E-state index in [-0.39, 0.29) is 0 Å². The third-order valence-corrected chi connectivity index (χ3v) is 12.8. The van der Waals surface area contributed by atoms with Gasteiger partial charge in [-0.3, -0.25) is 0 Å². The number of rotatable bonds is 5. The molecule has 3 aliphatic rings. The van der Waals surface area contributed by atoms with E-state index in [9.17, 15) is 0 Å². The van der Waals surface area contributed by atoms with Gasteiger partial charge in [0.05, 0.1) is 11.2 Å². The molecular formula is C48H44NP. The second kappa shape index (κ2) is 14.2. The number of fused-ring (bicyclic) bond motifs is 8. The zero-order chi connectivity index (χ0) is 34.0. The molecular weight excluding hydrogens is 622 g/mol. The molecule has 5 aromatic carbocycles. The van der Waals surface area contributed by atoms with Crippen LogP contribution < -0.4 is 10.6 Å². The van der Waals surface area contributed by atoms with Crippen molar-refractivity contribution in [3.8, 4) is 22.4 Å². The minimum atomic E-state index is -0.584. The van der Waals surface area contributed by atoms with Gasteiger partial charge in [0.2, 0.25) is 0 Å². The van der Waals surface area contributed by atoms with Crippen molar-refractivity contribution in [3.63, 3.8) is 0 Å². The summed E-state index contributed by atoms with van der Waals surface area (Å²) in [7, 11) is -0.584.